The van der Waals surface area contributed by atoms with E-state index in [1.165, 1.54) is 11.0 Å². The van der Waals surface area contributed by atoms with E-state index in [1.54, 1.807) is 0 Å². The van der Waals surface area contributed by atoms with Gasteiger partial charge in [-0.2, -0.15) is 0 Å². The standard InChI is InChI=1S/C12H14F2N2O2/c13-8-3-4-11(10(14)6-8)15-12(18)16-5-1-2-9(16)7-17/h3-4,6,9,17H,1-2,5,7H2,(H,15,18)/t9-/m1/s1. The molecule has 0 radical (unpaired) electrons. The second-order valence-electron chi connectivity index (χ2n) is 4.23. The number of urea groups is 1. The molecule has 1 saturated heterocycles. The van der Waals surface area contributed by atoms with Gasteiger partial charge in [0.05, 0.1) is 18.3 Å². The Bertz CT molecular complexity index is 454. The number of halogens is 2. The molecule has 0 bridgehead atoms. The van der Waals surface area contributed by atoms with Crippen molar-refractivity contribution < 1.29 is 18.7 Å². The van der Waals surface area contributed by atoms with E-state index in [4.69, 9.17) is 5.11 Å². The van der Waals surface area contributed by atoms with Crippen LogP contribution in [0.2, 0.25) is 0 Å². The number of hydrogen-bond donors (Lipinski definition) is 2. The Balaban J connectivity index is 2.07. The Hall–Kier alpha value is -1.69. The van der Waals surface area contributed by atoms with Crippen molar-refractivity contribution in [3.05, 3.63) is 29.8 Å². The first-order chi connectivity index (χ1) is 8.61. The van der Waals surface area contributed by atoms with Gasteiger partial charge in [0.1, 0.15) is 11.6 Å². The lowest BCUT2D eigenvalue weighted by Gasteiger charge is -2.23. The highest BCUT2D eigenvalue weighted by atomic mass is 19.1. The lowest BCUT2D eigenvalue weighted by atomic mass is 10.2. The smallest absolute Gasteiger partial charge is 0.322 e. The van der Waals surface area contributed by atoms with Gasteiger partial charge in [0, 0.05) is 12.6 Å². The van der Waals surface area contributed by atoms with Crippen LogP contribution in [-0.4, -0.2) is 35.2 Å². The summed E-state index contributed by atoms with van der Waals surface area (Å²) < 4.78 is 26.1. The molecule has 98 valence electrons. The van der Waals surface area contributed by atoms with Crippen molar-refractivity contribution in [2.24, 2.45) is 0 Å². The van der Waals surface area contributed by atoms with Gasteiger partial charge in [-0.25, -0.2) is 13.6 Å². The number of amides is 2. The summed E-state index contributed by atoms with van der Waals surface area (Å²) in [6, 6.07) is 2.26. The molecule has 1 aromatic carbocycles. The zero-order valence-electron chi connectivity index (χ0n) is 9.70. The van der Waals surface area contributed by atoms with Gasteiger partial charge in [-0.3, -0.25) is 0 Å². The van der Waals surface area contributed by atoms with Crippen molar-refractivity contribution in [2.75, 3.05) is 18.5 Å². The Labute approximate surface area is 103 Å². The fourth-order valence-electron chi connectivity index (χ4n) is 2.07. The first kappa shape index (κ1) is 12.8. The molecule has 2 amide bonds. The highest BCUT2D eigenvalue weighted by Crippen LogP contribution is 2.20. The highest BCUT2D eigenvalue weighted by molar-refractivity contribution is 5.89. The maximum absolute atomic E-state index is 13.4. The summed E-state index contributed by atoms with van der Waals surface area (Å²) in [7, 11) is 0. The maximum Gasteiger partial charge on any atom is 0.322 e. The van der Waals surface area contributed by atoms with E-state index in [9.17, 15) is 13.6 Å². The number of anilines is 1. The van der Waals surface area contributed by atoms with Gasteiger partial charge in [-0.15, -0.1) is 0 Å². The number of nitrogens with zero attached hydrogens (tertiary/aromatic N) is 1. The largest absolute Gasteiger partial charge is 0.394 e. The molecule has 1 aromatic rings. The average molecular weight is 256 g/mol. The van der Waals surface area contributed by atoms with Crippen molar-refractivity contribution in [3.8, 4) is 0 Å². The minimum absolute atomic E-state index is 0.0648. The number of carbonyl (C=O) groups is 1. The second-order valence-corrected chi connectivity index (χ2v) is 4.23. The highest BCUT2D eigenvalue weighted by Gasteiger charge is 2.28. The summed E-state index contributed by atoms with van der Waals surface area (Å²) in [4.78, 5) is 13.3. The fourth-order valence-corrected chi connectivity index (χ4v) is 2.07. The van der Waals surface area contributed by atoms with Crippen LogP contribution in [0.5, 0.6) is 0 Å². The van der Waals surface area contributed by atoms with Gasteiger partial charge >= 0.3 is 6.03 Å². The molecular formula is C12H14F2N2O2. The predicted molar refractivity (Wildman–Crippen MR) is 62.2 cm³/mol. The summed E-state index contributed by atoms with van der Waals surface area (Å²) in [5.41, 5.74) is -0.0648. The number of hydrogen-bond acceptors (Lipinski definition) is 2. The van der Waals surface area contributed by atoms with Crippen LogP contribution in [-0.2, 0) is 0 Å². The first-order valence-electron chi connectivity index (χ1n) is 5.75. The molecule has 0 spiro atoms. The van der Waals surface area contributed by atoms with Crippen molar-refractivity contribution >= 4 is 11.7 Å². The van der Waals surface area contributed by atoms with Gasteiger partial charge < -0.3 is 15.3 Å². The van der Waals surface area contributed by atoms with Crippen LogP contribution in [0.1, 0.15) is 12.8 Å². The maximum atomic E-state index is 13.4. The molecule has 1 aliphatic rings. The SMILES string of the molecule is O=C(Nc1ccc(F)cc1F)N1CCC[C@@H]1CO. The van der Waals surface area contributed by atoms with Crippen LogP contribution >= 0.6 is 0 Å². The molecule has 0 unspecified atom stereocenters. The lowest BCUT2D eigenvalue weighted by Crippen LogP contribution is -2.40. The monoisotopic (exact) mass is 256 g/mol. The third-order valence-corrected chi connectivity index (χ3v) is 3.02. The van der Waals surface area contributed by atoms with Crippen LogP contribution in [0.3, 0.4) is 0 Å². The fraction of sp³-hybridized carbons (Fsp3) is 0.417. The van der Waals surface area contributed by atoms with Crippen LogP contribution in [0, 0.1) is 11.6 Å². The lowest BCUT2D eigenvalue weighted by molar-refractivity contribution is 0.166. The van der Waals surface area contributed by atoms with Crippen molar-refractivity contribution in [2.45, 2.75) is 18.9 Å². The minimum Gasteiger partial charge on any atom is -0.394 e. The molecule has 1 atom stereocenters. The molecule has 1 aliphatic heterocycles. The van der Waals surface area contributed by atoms with E-state index in [2.05, 4.69) is 5.32 Å². The van der Waals surface area contributed by atoms with Gasteiger partial charge in [0.2, 0.25) is 0 Å². The van der Waals surface area contributed by atoms with Gasteiger partial charge in [-0.05, 0) is 25.0 Å². The predicted octanol–water partition coefficient (Wildman–Crippen LogP) is 1.95. The molecule has 2 N–H and O–H groups in total. The topological polar surface area (TPSA) is 52.6 Å². The Morgan fingerprint density at radius 3 is 2.94 bits per heavy atom. The summed E-state index contributed by atoms with van der Waals surface area (Å²) in [5, 5.41) is 11.5. The van der Waals surface area contributed by atoms with E-state index >= 15 is 0 Å². The van der Waals surface area contributed by atoms with E-state index in [0.717, 1.165) is 18.9 Å². The third-order valence-electron chi connectivity index (χ3n) is 3.02. The second kappa shape index (κ2) is 5.30. The third kappa shape index (κ3) is 2.59. The number of likely N-dealkylation sites (tertiary alicyclic amines) is 1. The molecule has 0 aliphatic carbocycles. The van der Waals surface area contributed by atoms with Gasteiger partial charge in [0.25, 0.3) is 0 Å². The van der Waals surface area contributed by atoms with E-state index in [-0.39, 0.29) is 18.3 Å². The van der Waals surface area contributed by atoms with Crippen molar-refractivity contribution in [3.63, 3.8) is 0 Å². The van der Waals surface area contributed by atoms with E-state index in [0.29, 0.717) is 12.6 Å². The Morgan fingerprint density at radius 1 is 1.50 bits per heavy atom. The molecule has 0 saturated carbocycles. The molecule has 1 heterocycles. The van der Waals surface area contributed by atoms with Crippen molar-refractivity contribution in [1.82, 2.24) is 4.90 Å². The van der Waals surface area contributed by atoms with Crippen LogP contribution in [0.4, 0.5) is 19.3 Å². The number of nitrogens with one attached hydrogen (secondary N) is 1. The van der Waals surface area contributed by atoms with Gasteiger partial charge in [-0.1, -0.05) is 0 Å². The number of carbonyl (C=O) groups excluding carboxylic acids is 1. The quantitative estimate of drug-likeness (QED) is 0.849. The van der Waals surface area contributed by atoms with Crippen LogP contribution in [0.15, 0.2) is 18.2 Å². The summed E-state index contributed by atoms with van der Waals surface area (Å²) in [6.45, 7) is 0.416. The number of benzene rings is 1. The molecule has 18 heavy (non-hydrogen) atoms. The normalized spacial score (nSPS) is 19.1. The molecule has 4 nitrogen and oxygen atoms in total. The van der Waals surface area contributed by atoms with E-state index < -0.39 is 17.7 Å². The van der Waals surface area contributed by atoms with Gasteiger partial charge in [0.15, 0.2) is 0 Å². The van der Waals surface area contributed by atoms with Crippen LogP contribution < -0.4 is 5.32 Å². The van der Waals surface area contributed by atoms with Crippen LogP contribution in [0.25, 0.3) is 0 Å². The Kier molecular flexibility index (Phi) is 3.76. The minimum atomic E-state index is -0.817. The van der Waals surface area contributed by atoms with E-state index in [1.807, 2.05) is 0 Å². The molecular weight excluding hydrogens is 242 g/mol. The molecule has 0 aromatic heterocycles. The molecule has 1 fully saturated rings. The number of aliphatic hydroxyl groups is 1. The number of rotatable bonds is 2. The van der Waals surface area contributed by atoms with Crippen molar-refractivity contribution in [1.29, 1.82) is 0 Å². The average Bonchev–Trinajstić information content (AvgIpc) is 2.81. The summed E-state index contributed by atoms with van der Waals surface area (Å²) >= 11 is 0. The number of aliphatic hydroxyl groups excluding tert-OH is 1. The first-order valence-corrected chi connectivity index (χ1v) is 5.75. The summed E-state index contributed by atoms with van der Waals surface area (Å²) in [5.74, 6) is -1.51. The molecule has 6 heteroatoms. The zero-order valence-corrected chi connectivity index (χ0v) is 9.70. The summed E-state index contributed by atoms with van der Waals surface area (Å²) in [6.07, 6.45) is 1.54. The molecule has 2 rings (SSSR count). The Morgan fingerprint density at radius 2 is 2.28 bits per heavy atom. The zero-order chi connectivity index (χ0) is 13.1.